The largest absolute Gasteiger partial charge is 0.495 e. The normalized spacial score (nSPS) is 12.9. The van der Waals surface area contributed by atoms with Crippen LogP contribution in [-0.2, 0) is 16.0 Å². The van der Waals surface area contributed by atoms with E-state index in [4.69, 9.17) is 16.3 Å². The first-order valence-electron chi connectivity index (χ1n) is 8.66. The Labute approximate surface area is 168 Å². The van der Waals surface area contributed by atoms with Gasteiger partial charge in [-0.25, -0.2) is 0 Å². The summed E-state index contributed by atoms with van der Waals surface area (Å²) in [6.07, 6.45) is 0.810. The number of ether oxygens (including phenoxy) is 1. The van der Waals surface area contributed by atoms with Crippen LogP contribution in [0.2, 0.25) is 5.02 Å². The second kappa shape index (κ2) is 10.3. The molecule has 2 atom stereocenters. The van der Waals surface area contributed by atoms with Crippen molar-refractivity contribution < 1.29 is 19.2 Å². The monoisotopic (exact) mass is 410 g/mol. The van der Waals surface area contributed by atoms with E-state index in [1.165, 1.54) is 12.0 Å². The van der Waals surface area contributed by atoms with Gasteiger partial charge in [0.25, 0.3) is 11.8 Å². The number of hydrogen-bond acceptors (Lipinski definition) is 4. The third-order valence-corrected chi connectivity index (χ3v) is 5.43. The molecule has 1 heterocycles. The molecule has 3 N–H and O–H groups in total. The Morgan fingerprint density at radius 3 is 2.78 bits per heavy atom. The van der Waals surface area contributed by atoms with Crippen LogP contribution in [-0.4, -0.2) is 45.1 Å². The van der Waals surface area contributed by atoms with Crippen molar-refractivity contribution in [3.8, 4) is 5.75 Å². The molecule has 6 nitrogen and oxygen atoms in total. The van der Waals surface area contributed by atoms with Crippen molar-refractivity contribution in [3.05, 3.63) is 45.6 Å². The molecule has 1 unspecified atom stereocenters. The quantitative estimate of drug-likeness (QED) is 0.588. The van der Waals surface area contributed by atoms with E-state index in [2.05, 4.69) is 10.6 Å². The number of amides is 2. The highest BCUT2D eigenvalue weighted by Gasteiger charge is 2.24. The highest BCUT2D eigenvalue weighted by atomic mass is 35.5. The lowest BCUT2D eigenvalue weighted by molar-refractivity contribution is -0.885. The van der Waals surface area contributed by atoms with Crippen LogP contribution in [0.3, 0.4) is 0 Å². The number of methoxy groups -OCH3 is 1. The van der Waals surface area contributed by atoms with Crippen LogP contribution in [0.15, 0.2) is 35.7 Å². The molecule has 2 aromatic rings. The Balaban J connectivity index is 1.82. The van der Waals surface area contributed by atoms with Crippen molar-refractivity contribution in [1.29, 1.82) is 0 Å². The standard InChI is InChI=1S/C19H24ClN3O3S/c1-13(19(25)21-9-8-15-5-4-10-27-15)23(2)12-18(24)22-16-11-14(20)6-7-17(16)26-3/h4-7,10-11,13H,8-9,12H2,1-3H3,(H,21,25)(H,22,24)/p+1/t13-/m0/s1. The molecule has 0 fully saturated rings. The first-order chi connectivity index (χ1) is 12.9. The smallest absolute Gasteiger partial charge is 0.279 e. The Morgan fingerprint density at radius 2 is 2.11 bits per heavy atom. The van der Waals surface area contributed by atoms with Crippen molar-refractivity contribution in [3.63, 3.8) is 0 Å². The number of quaternary nitrogens is 1. The SMILES string of the molecule is COc1ccc(Cl)cc1NC(=O)C[NH+](C)[C@@H](C)C(=O)NCCc1cccs1. The summed E-state index contributed by atoms with van der Waals surface area (Å²) in [4.78, 5) is 26.7. The third-order valence-electron chi connectivity index (χ3n) is 4.26. The third kappa shape index (κ3) is 6.53. The second-order valence-electron chi connectivity index (χ2n) is 6.26. The summed E-state index contributed by atoms with van der Waals surface area (Å²) in [6, 6.07) is 8.71. The first kappa shape index (κ1) is 21.2. The summed E-state index contributed by atoms with van der Waals surface area (Å²) < 4.78 is 5.22. The van der Waals surface area contributed by atoms with Crippen LogP contribution < -0.4 is 20.3 Å². The van der Waals surface area contributed by atoms with Gasteiger partial charge in [-0.1, -0.05) is 17.7 Å². The number of carbonyl (C=O) groups is 2. The number of carbonyl (C=O) groups excluding carboxylic acids is 2. The van der Waals surface area contributed by atoms with Crippen molar-refractivity contribution in [2.75, 3.05) is 32.6 Å². The van der Waals surface area contributed by atoms with Crippen LogP contribution >= 0.6 is 22.9 Å². The number of anilines is 1. The summed E-state index contributed by atoms with van der Waals surface area (Å²) in [5.74, 6) is 0.244. The predicted octanol–water partition coefficient (Wildman–Crippen LogP) is 1.61. The number of hydrogen-bond donors (Lipinski definition) is 3. The van der Waals surface area contributed by atoms with Crippen LogP contribution in [0.1, 0.15) is 11.8 Å². The Hall–Kier alpha value is -2.09. The van der Waals surface area contributed by atoms with E-state index in [1.54, 1.807) is 29.5 Å². The molecule has 1 aromatic carbocycles. The van der Waals surface area contributed by atoms with Gasteiger partial charge in [-0.3, -0.25) is 9.59 Å². The van der Waals surface area contributed by atoms with E-state index in [0.717, 1.165) is 11.3 Å². The molecule has 0 aliphatic heterocycles. The molecule has 0 aliphatic carbocycles. The zero-order chi connectivity index (χ0) is 19.8. The molecule has 0 bridgehead atoms. The minimum Gasteiger partial charge on any atom is -0.495 e. The maximum atomic E-state index is 12.3. The number of likely N-dealkylation sites (N-methyl/N-ethyl adjacent to an activating group) is 1. The number of rotatable bonds is 9. The number of nitrogens with one attached hydrogen (secondary N) is 3. The topological polar surface area (TPSA) is 71.9 Å². The average Bonchev–Trinajstić information content (AvgIpc) is 3.14. The van der Waals surface area contributed by atoms with Gasteiger partial charge in [0.05, 0.1) is 19.8 Å². The van der Waals surface area contributed by atoms with E-state index in [9.17, 15) is 9.59 Å². The summed E-state index contributed by atoms with van der Waals surface area (Å²) in [5, 5.41) is 8.24. The Bertz CT molecular complexity index is 768. The van der Waals surface area contributed by atoms with Crippen molar-refractivity contribution in [1.82, 2.24) is 5.32 Å². The van der Waals surface area contributed by atoms with E-state index < -0.39 is 0 Å². The minimum absolute atomic E-state index is 0.0720. The maximum Gasteiger partial charge on any atom is 0.279 e. The summed E-state index contributed by atoms with van der Waals surface area (Å²) in [7, 11) is 3.34. The summed E-state index contributed by atoms with van der Waals surface area (Å²) in [6.45, 7) is 2.54. The minimum atomic E-state index is -0.347. The lowest BCUT2D eigenvalue weighted by Gasteiger charge is -2.21. The van der Waals surface area contributed by atoms with Gasteiger partial charge in [-0.2, -0.15) is 0 Å². The molecule has 146 valence electrons. The number of benzene rings is 1. The van der Waals surface area contributed by atoms with Gasteiger partial charge < -0.3 is 20.3 Å². The van der Waals surface area contributed by atoms with E-state index >= 15 is 0 Å². The molecule has 0 saturated heterocycles. The zero-order valence-corrected chi connectivity index (χ0v) is 17.2. The van der Waals surface area contributed by atoms with E-state index in [-0.39, 0.29) is 24.4 Å². The maximum absolute atomic E-state index is 12.3. The summed E-state index contributed by atoms with van der Waals surface area (Å²) >= 11 is 7.65. The highest BCUT2D eigenvalue weighted by molar-refractivity contribution is 7.09. The second-order valence-corrected chi connectivity index (χ2v) is 7.73. The zero-order valence-electron chi connectivity index (χ0n) is 15.7. The van der Waals surface area contributed by atoms with Crippen molar-refractivity contribution in [2.24, 2.45) is 0 Å². The van der Waals surface area contributed by atoms with Gasteiger partial charge >= 0.3 is 0 Å². The molecule has 8 heteroatoms. The molecule has 0 saturated carbocycles. The number of thiophene rings is 1. The van der Waals surface area contributed by atoms with Crippen molar-refractivity contribution in [2.45, 2.75) is 19.4 Å². The van der Waals surface area contributed by atoms with Crippen LogP contribution in [0.5, 0.6) is 5.75 Å². The van der Waals surface area contributed by atoms with Gasteiger partial charge in [0.2, 0.25) is 0 Å². The first-order valence-corrected chi connectivity index (χ1v) is 9.92. The predicted molar refractivity (Wildman–Crippen MR) is 109 cm³/mol. The lowest BCUT2D eigenvalue weighted by Crippen LogP contribution is -3.15. The van der Waals surface area contributed by atoms with Gasteiger partial charge in [-0.05, 0) is 43.0 Å². The molecule has 0 radical (unpaired) electrons. The van der Waals surface area contributed by atoms with Crippen LogP contribution in [0, 0.1) is 0 Å². The molecular formula is C19H25ClN3O3S+. The lowest BCUT2D eigenvalue weighted by atomic mass is 10.2. The Kier molecular flexibility index (Phi) is 8.09. The molecular weight excluding hydrogens is 386 g/mol. The van der Waals surface area contributed by atoms with Gasteiger partial charge in [0.1, 0.15) is 5.75 Å². The average molecular weight is 411 g/mol. The van der Waals surface area contributed by atoms with E-state index in [1.807, 2.05) is 31.5 Å². The molecule has 2 amide bonds. The van der Waals surface area contributed by atoms with Gasteiger partial charge in [0, 0.05) is 16.4 Å². The fourth-order valence-corrected chi connectivity index (χ4v) is 3.40. The van der Waals surface area contributed by atoms with E-state index in [0.29, 0.717) is 23.0 Å². The van der Waals surface area contributed by atoms with Crippen molar-refractivity contribution >= 4 is 40.4 Å². The number of halogens is 1. The van der Waals surface area contributed by atoms with Crippen LogP contribution in [0.25, 0.3) is 0 Å². The fourth-order valence-electron chi connectivity index (χ4n) is 2.52. The van der Waals surface area contributed by atoms with Crippen LogP contribution in [0.4, 0.5) is 5.69 Å². The fraction of sp³-hybridized carbons (Fsp3) is 0.368. The molecule has 27 heavy (non-hydrogen) atoms. The molecule has 0 spiro atoms. The van der Waals surface area contributed by atoms with Gasteiger partial charge in [-0.15, -0.1) is 11.3 Å². The highest BCUT2D eigenvalue weighted by Crippen LogP contribution is 2.27. The Morgan fingerprint density at radius 1 is 1.33 bits per heavy atom. The molecule has 1 aromatic heterocycles. The molecule has 2 rings (SSSR count). The summed E-state index contributed by atoms with van der Waals surface area (Å²) in [5.41, 5.74) is 0.510. The molecule has 0 aliphatic rings. The van der Waals surface area contributed by atoms with Gasteiger partial charge in [0.15, 0.2) is 12.6 Å².